The number of anilines is 1. The van der Waals surface area contributed by atoms with E-state index in [1.807, 2.05) is 37.3 Å². The van der Waals surface area contributed by atoms with Crippen molar-refractivity contribution in [2.45, 2.75) is 23.5 Å². The zero-order valence-corrected chi connectivity index (χ0v) is 12.1. The van der Waals surface area contributed by atoms with Crippen LogP contribution in [0.25, 0.3) is 5.69 Å². The van der Waals surface area contributed by atoms with Crippen molar-refractivity contribution in [1.29, 1.82) is 0 Å². The van der Waals surface area contributed by atoms with Crippen molar-refractivity contribution >= 4 is 29.5 Å². The molecule has 21 heavy (non-hydrogen) atoms. The van der Waals surface area contributed by atoms with E-state index in [4.69, 9.17) is 5.11 Å². The number of thioether (sulfide) groups is 1. The minimum absolute atomic E-state index is 0.202. The molecule has 0 spiro atoms. The Morgan fingerprint density at radius 3 is 2.81 bits per heavy atom. The van der Waals surface area contributed by atoms with Crippen molar-refractivity contribution in [3.8, 4) is 5.69 Å². The van der Waals surface area contributed by atoms with Crippen LogP contribution in [0.1, 0.15) is 12.1 Å². The number of hydrogen-bond acceptors (Lipinski definition) is 4. The Morgan fingerprint density at radius 2 is 2.14 bits per heavy atom. The molecule has 0 aliphatic carbocycles. The topological polar surface area (TPSA) is 84.2 Å². The molecule has 0 saturated carbocycles. The minimum Gasteiger partial charge on any atom is -0.481 e. The third kappa shape index (κ3) is 2.52. The Hall–Kier alpha value is -2.28. The van der Waals surface area contributed by atoms with E-state index in [1.165, 1.54) is 11.8 Å². The number of nitrogens with one attached hydrogen (secondary N) is 1. The molecule has 1 aliphatic heterocycles. The summed E-state index contributed by atoms with van der Waals surface area (Å²) in [7, 11) is 0. The predicted octanol–water partition coefficient (Wildman–Crippen LogP) is 2.07. The van der Waals surface area contributed by atoms with E-state index < -0.39 is 11.2 Å². The molecule has 2 aromatic rings. The number of carboxylic acid groups (broad SMARTS) is 1. The van der Waals surface area contributed by atoms with Crippen molar-refractivity contribution in [2.75, 3.05) is 5.32 Å². The number of hydrogen-bond donors (Lipinski definition) is 2. The molecule has 0 fully saturated rings. The van der Waals surface area contributed by atoms with Crippen LogP contribution in [0.3, 0.4) is 0 Å². The van der Waals surface area contributed by atoms with E-state index >= 15 is 0 Å². The minimum atomic E-state index is -0.987. The van der Waals surface area contributed by atoms with Crippen LogP contribution in [0, 0.1) is 6.92 Å². The van der Waals surface area contributed by atoms with Crippen LogP contribution < -0.4 is 5.32 Å². The molecule has 1 amide bonds. The summed E-state index contributed by atoms with van der Waals surface area (Å²) in [5, 5.41) is 15.5. The van der Waals surface area contributed by atoms with Crippen LogP contribution in [0.2, 0.25) is 0 Å². The highest BCUT2D eigenvalue weighted by Gasteiger charge is 2.33. The van der Waals surface area contributed by atoms with Crippen molar-refractivity contribution < 1.29 is 14.7 Å². The van der Waals surface area contributed by atoms with E-state index in [-0.39, 0.29) is 12.3 Å². The van der Waals surface area contributed by atoms with Crippen molar-refractivity contribution in [3.05, 3.63) is 36.0 Å². The summed E-state index contributed by atoms with van der Waals surface area (Å²) in [6.07, 6.45) is -0.202. The fourth-order valence-electron chi connectivity index (χ4n) is 2.21. The largest absolute Gasteiger partial charge is 0.481 e. The molecule has 0 bridgehead atoms. The highest BCUT2D eigenvalue weighted by Crippen LogP contribution is 2.40. The van der Waals surface area contributed by atoms with Gasteiger partial charge in [-0.1, -0.05) is 18.2 Å². The molecule has 1 unspecified atom stereocenters. The van der Waals surface area contributed by atoms with Gasteiger partial charge in [-0.15, -0.1) is 11.8 Å². The molecule has 1 aromatic heterocycles. The number of aliphatic carboxylic acids is 1. The maximum Gasteiger partial charge on any atom is 0.305 e. The standard InChI is InChI=1S/C14H13N3O3S/c1-8-12-13(15-14(20)10(21-12)7-11(18)19)17(16-8)9-5-3-2-4-6-9/h2-6,10H,7H2,1H3,(H,15,20)(H,18,19). The first-order chi connectivity index (χ1) is 10.1. The van der Waals surface area contributed by atoms with Gasteiger partial charge in [-0.05, 0) is 19.1 Å². The summed E-state index contributed by atoms with van der Waals surface area (Å²) in [5.74, 6) is -0.679. The number of benzene rings is 1. The summed E-state index contributed by atoms with van der Waals surface area (Å²) in [4.78, 5) is 23.7. The van der Waals surface area contributed by atoms with Gasteiger partial charge in [-0.3, -0.25) is 9.59 Å². The maximum atomic E-state index is 12.0. The van der Waals surface area contributed by atoms with Crippen LogP contribution in [0.15, 0.2) is 35.2 Å². The van der Waals surface area contributed by atoms with Crippen LogP contribution in [0.5, 0.6) is 0 Å². The molecule has 2 N–H and O–H groups in total. The summed E-state index contributed by atoms with van der Waals surface area (Å²) in [6, 6.07) is 9.48. The molecular formula is C14H13N3O3S. The number of amides is 1. The van der Waals surface area contributed by atoms with Crippen LogP contribution >= 0.6 is 11.8 Å². The quantitative estimate of drug-likeness (QED) is 0.906. The van der Waals surface area contributed by atoms with Gasteiger partial charge >= 0.3 is 5.97 Å². The molecule has 3 rings (SSSR count). The SMILES string of the molecule is Cc1nn(-c2ccccc2)c2c1SC(CC(=O)O)C(=O)N2. The van der Waals surface area contributed by atoms with Gasteiger partial charge in [0.2, 0.25) is 5.91 Å². The molecule has 0 saturated heterocycles. The number of rotatable bonds is 3. The highest BCUT2D eigenvalue weighted by atomic mass is 32.2. The second-order valence-electron chi connectivity index (χ2n) is 4.70. The lowest BCUT2D eigenvalue weighted by Gasteiger charge is -2.21. The van der Waals surface area contributed by atoms with E-state index in [9.17, 15) is 9.59 Å². The number of aromatic nitrogens is 2. The average molecular weight is 303 g/mol. The Kier molecular flexibility index (Phi) is 3.42. The Bertz CT molecular complexity index is 712. The molecule has 1 aliphatic rings. The zero-order valence-electron chi connectivity index (χ0n) is 11.2. The first-order valence-corrected chi connectivity index (χ1v) is 7.28. The lowest BCUT2D eigenvalue weighted by Crippen LogP contribution is -2.31. The fourth-order valence-corrected chi connectivity index (χ4v) is 3.34. The van der Waals surface area contributed by atoms with Crippen molar-refractivity contribution in [3.63, 3.8) is 0 Å². The fraction of sp³-hybridized carbons (Fsp3) is 0.214. The number of nitrogens with zero attached hydrogens (tertiary/aromatic N) is 2. The summed E-state index contributed by atoms with van der Waals surface area (Å²) < 4.78 is 1.67. The molecule has 2 heterocycles. The second-order valence-corrected chi connectivity index (χ2v) is 5.92. The lowest BCUT2D eigenvalue weighted by atomic mass is 10.2. The van der Waals surface area contributed by atoms with Gasteiger partial charge in [0.1, 0.15) is 5.82 Å². The zero-order chi connectivity index (χ0) is 15.0. The van der Waals surface area contributed by atoms with E-state index in [1.54, 1.807) is 4.68 Å². The highest BCUT2D eigenvalue weighted by molar-refractivity contribution is 8.01. The summed E-state index contributed by atoms with van der Waals surface area (Å²) >= 11 is 1.26. The summed E-state index contributed by atoms with van der Waals surface area (Å²) in [6.45, 7) is 1.85. The van der Waals surface area contributed by atoms with E-state index in [0.717, 1.165) is 16.3 Å². The summed E-state index contributed by atoms with van der Waals surface area (Å²) in [5.41, 5.74) is 1.62. The molecule has 1 aromatic carbocycles. The first-order valence-electron chi connectivity index (χ1n) is 6.40. The molecule has 0 radical (unpaired) electrons. The molecule has 6 nitrogen and oxygen atoms in total. The molecule has 108 valence electrons. The van der Waals surface area contributed by atoms with Gasteiger partial charge in [0.05, 0.1) is 27.9 Å². The van der Waals surface area contributed by atoms with E-state index in [0.29, 0.717) is 5.82 Å². The first kappa shape index (κ1) is 13.7. The van der Waals surface area contributed by atoms with Gasteiger partial charge in [-0.2, -0.15) is 5.10 Å². The van der Waals surface area contributed by atoms with Gasteiger partial charge in [-0.25, -0.2) is 4.68 Å². The van der Waals surface area contributed by atoms with Gasteiger partial charge in [0.15, 0.2) is 0 Å². The number of fused-ring (bicyclic) bond motifs is 1. The van der Waals surface area contributed by atoms with Crippen LogP contribution in [-0.4, -0.2) is 32.0 Å². The maximum absolute atomic E-state index is 12.0. The Morgan fingerprint density at radius 1 is 1.43 bits per heavy atom. The second kappa shape index (κ2) is 5.25. The van der Waals surface area contributed by atoms with Crippen molar-refractivity contribution in [2.24, 2.45) is 0 Å². The molecule has 1 atom stereocenters. The van der Waals surface area contributed by atoms with Gasteiger partial charge < -0.3 is 10.4 Å². The third-order valence-electron chi connectivity index (χ3n) is 3.16. The Labute approximate surface area is 125 Å². The molecule has 7 heteroatoms. The number of para-hydroxylation sites is 1. The number of carbonyl (C=O) groups excluding carboxylic acids is 1. The van der Waals surface area contributed by atoms with Gasteiger partial charge in [0.25, 0.3) is 0 Å². The predicted molar refractivity (Wildman–Crippen MR) is 78.8 cm³/mol. The lowest BCUT2D eigenvalue weighted by molar-refractivity contribution is -0.138. The monoisotopic (exact) mass is 303 g/mol. The third-order valence-corrected chi connectivity index (χ3v) is 4.55. The van der Waals surface area contributed by atoms with Crippen LogP contribution in [-0.2, 0) is 9.59 Å². The average Bonchev–Trinajstić information content (AvgIpc) is 2.77. The van der Waals surface area contributed by atoms with E-state index in [2.05, 4.69) is 10.4 Å². The number of carbonyl (C=O) groups is 2. The van der Waals surface area contributed by atoms with Crippen molar-refractivity contribution in [1.82, 2.24) is 9.78 Å². The normalized spacial score (nSPS) is 17.2. The van der Waals surface area contributed by atoms with Gasteiger partial charge in [0, 0.05) is 0 Å². The Balaban J connectivity index is 2.01. The number of carboxylic acids is 1. The molecular weight excluding hydrogens is 290 g/mol. The smallest absolute Gasteiger partial charge is 0.305 e. The number of aryl methyl sites for hydroxylation is 1. The van der Waals surface area contributed by atoms with Crippen LogP contribution in [0.4, 0.5) is 5.82 Å².